The van der Waals surface area contributed by atoms with E-state index in [1.165, 1.54) is 12.5 Å². The van der Waals surface area contributed by atoms with Gasteiger partial charge in [-0.3, -0.25) is 9.59 Å². The largest absolute Gasteiger partial charge is 0.494 e. The zero-order chi connectivity index (χ0) is 29.5. The van der Waals surface area contributed by atoms with Gasteiger partial charge in [0.2, 0.25) is 11.8 Å². The highest BCUT2D eigenvalue weighted by Crippen LogP contribution is 2.37. The van der Waals surface area contributed by atoms with Gasteiger partial charge in [-0.05, 0) is 30.0 Å². The number of anilines is 2. The Labute approximate surface area is 247 Å². The quantitative estimate of drug-likeness (QED) is 0.233. The predicted octanol–water partition coefficient (Wildman–Crippen LogP) is 5.95. The molecule has 2 amide bonds. The molecule has 1 aliphatic heterocycles. The summed E-state index contributed by atoms with van der Waals surface area (Å²) in [4.78, 5) is 32.6. The lowest BCUT2D eigenvalue weighted by atomic mass is 9.86. The zero-order valence-corrected chi connectivity index (χ0v) is 24.4. The van der Waals surface area contributed by atoms with Crippen LogP contribution in [0.15, 0.2) is 78.9 Å². The molecule has 8 heteroatoms. The molecule has 1 aliphatic rings. The van der Waals surface area contributed by atoms with Gasteiger partial charge in [-0.2, -0.15) is 0 Å². The van der Waals surface area contributed by atoms with Crippen LogP contribution in [-0.4, -0.2) is 62.2 Å². The Bertz CT molecular complexity index is 1530. The maximum atomic E-state index is 13.4. The molecular weight excluding hydrogens is 528 g/mol. The summed E-state index contributed by atoms with van der Waals surface area (Å²) in [6.07, 6.45) is 1.18. The lowest BCUT2D eigenvalue weighted by Crippen LogP contribution is -2.25. The summed E-state index contributed by atoms with van der Waals surface area (Å²) in [5.74, 6) is 1.01. The van der Waals surface area contributed by atoms with Crippen LogP contribution in [0.1, 0.15) is 31.2 Å². The number of carbonyl (C=O) groups excluding carboxylic acids is 2. The van der Waals surface area contributed by atoms with E-state index in [1.54, 1.807) is 20.3 Å². The Balaban J connectivity index is 1.39. The van der Waals surface area contributed by atoms with Crippen molar-refractivity contribution in [3.8, 4) is 17.0 Å². The summed E-state index contributed by atoms with van der Waals surface area (Å²) in [5.41, 5.74) is 4.78. The number of nitrogens with zero attached hydrogens (tertiary/aromatic N) is 2. The summed E-state index contributed by atoms with van der Waals surface area (Å²) in [5, 5.41) is 6.76. The van der Waals surface area contributed by atoms with Crippen molar-refractivity contribution in [2.75, 3.05) is 51.1 Å². The number of carbonyl (C=O) groups is 2. The number of likely N-dealkylation sites (tertiary alicyclic amines) is 1. The molecule has 0 radical (unpaired) electrons. The number of aromatic nitrogens is 1. The Morgan fingerprint density at radius 3 is 2.33 bits per heavy atom. The van der Waals surface area contributed by atoms with Gasteiger partial charge >= 0.3 is 0 Å². The lowest BCUT2D eigenvalue weighted by molar-refractivity contribution is -0.116. The van der Waals surface area contributed by atoms with Crippen LogP contribution in [-0.2, 0) is 14.3 Å². The third kappa shape index (κ3) is 6.95. The standard InChI is InChI=1S/C34H38N4O4/c1-23(39)35-30-18-27-19-31(34(25-12-8-5-9-13-25)37-29(27)20-32(30)42-3)36-33(40)15-14-26-21-38(16-17-41-2)22-28(26)24-10-6-4-7-11-24/h4-13,18-20,26,28H,14-17,21-22H2,1-3H3,(H,35,39)(H,36,40)/t26-,28+/m1/s1. The molecule has 2 N–H and O–H groups in total. The van der Waals surface area contributed by atoms with Crippen LogP contribution in [0.25, 0.3) is 22.2 Å². The lowest BCUT2D eigenvalue weighted by Gasteiger charge is -2.19. The van der Waals surface area contributed by atoms with Crippen LogP contribution in [0.4, 0.5) is 11.4 Å². The SMILES string of the molecule is COCCN1C[C@@H](CCC(=O)Nc2cc3cc(NC(C)=O)c(OC)cc3nc2-c2ccccc2)[C@H](c2ccccc2)C1. The molecule has 4 aromatic rings. The van der Waals surface area contributed by atoms with Gasteiger partial charge in [-0.15, -0.1) is 0 Å². The minimum atomic E-state index is -0.198. The van der Waals surface area contributed by atoms with E-state index >= 15 is 0 Å². The van der Waals surface area contributed by atoms with E-state index in [0.717, 1.165) is 37.0 Å². The molecule has 8 nitrogen and oxygen atoms in total. The monoisotopic (exact) mass is 566 g/mol. The molecule has 218 valence electrons. The second-order valence-corrected chi connectivity index (χ2v) is 10.8. The number of amides is 2. The number of pyridine rings is 1. The molecule has 2 heterocycles. The van der Waals surface area contributed by atoms with Crippen molar-refractivity contribution in [3.05, 3.63) is 84.4 Å². The van der Waals surface area contributed by atoms with Crippen molar-refractivity contribution >= 4 is 34.1 Å². The fourth-order valence-electron chi connectivity index (χ4n) is 5.83. The van der Waals surface area contributed by atoms with Crippen molar-refractivity contribution in [1.82, 2.24) is 9.88 Å². The second-order valence-electron chi connectivity index (χ2n) is 10.8. The number of nitrogens with one attached hydrogen (secondary N) is 2. The summed E-state index contributed by atoms with van der Waals surface area (Å²) < 4.78 is 10.8. The van der Waals surface area contributed by atoms with E-state index in [-0.39, 0.29) is 11.8 Å². The van der Waals surface area contributed by atoms with Crippen LogP contribution >= 0.6 is 0 Å². The summed E-state index contributed by atoms with van der Waals surface area (Å²) >= 11 is 0. The van der Waals surface area contributed by atoms with Crippen LogP contribution in [0.2, 0.25) is 0 Å². The summed E-state index contributed by atoms with van der Waals surface area (Å²) in [6, 6.07) is 25.9. The molecule has 1 fully saturated rings. The first-order chi connectivity index (χ1) is 20.4. The second kappa shape index (κ2) is 13.6. The van der Waals surface area contributed by atoms with Crippen molar-refractivity contribution in [2.45, 2.75) is 25.7 Å². The molecular formula is C34H38N4O4. The normalized spacial score (nSPS) is 16.8. The van der Waals surface area contributed by atoms with Crippen LogP contribution in [0.3, 0.4) is 0 Å². The minimum absolute atomic E-state index is 0.0499. The van der Waals surface area contributed by atoms with Gasteiger partial charge in [-0.25, -0.2) is 4.98 Å². The van der Waals surface area contributed by atoms with Gasteiger partial charge in [0.05, 0.1) is 36.3 Å². The fourth-order valence-corrected chi connectivity index (χ4v) is 5.83. The summed E-state index contributed by atoms with van der Waals surface area (Å²) in [6.45, 7) is 4.94. The molecule has 42 heavy (non-hydrogen) atoms. The predicted molar refractivity (Wildman–Crippen MR) is 167 cm³/mol. The number of fused-ring (bicyclic) bond motifs is 1. The molecule has 3 aromatic carbocycles. The Morgan fingerprint density at radius 1 is 0.929 bits per heavy atom. The molecule has 0 spiro atoms. The van der Waals surface area contributed by atoms with E-state index in [1.807, 2.05) is 48.5 Å². The zero-order valence-electron chi connectivity index (χ0n) is 24.4. The molecule has 0 saturated carbocycles. The van der Waals surface area contributed by atoms with Gasteiger partial charge in [0.25, 0.3) is 0 Å². The Morgan fingerprint density at radius 2 is 1.64 bits per heavy atom. The van der Waals surface area contributed by atoms with Crippen molar-refractivity contribution in [2.24, 2.45) is 5.92 Å². The molecule has 1 aromatic heterocycles. The van der Waals surface area contributed by atoms with Gasteiger partial charge in [-0.1, -0.05) is 60.7 Å². The first kappa shape index (κ1) is 29.2. The molecule has 0 unspecified atom stereocenters. The van der Waals surface area contributed by atoms with Gasteiger partial charge in [0, 0.05) is 63.0 Å². The third-order valence-corrected chi connectivity index (χ3v) is 7.87. The van der Waals surface area contributed by atoms with E-state index in [9.17, 15) is 9.59 Å². The first-order valence-electron chi connectivity index (χ1n) is 14.4. The molecule has 1 saturated heterocycles. The highest BCUT2D eigenvalue weighted by atomic mass is 16.5. The van der Waals surface area contributed by atoms with E-state index in [0.29, 0.717) is 53.2 Å². The maximum Gasteiger partial charge on any atom is 0.224 e. The maximum absolute atomic E-state index is 13.4. The van der Waals surface area contributed by atoms with Crippen LogP contribution < -0.4 is 15.4 Å². The van der Waals surface area contributed by atoms with E-state index in [2.05, 4.69) is 39.8 Å². The average molecular weight is 567 g/mol. The number of rotatable bonds is 11. The molecule has 2 atom stereocenters. The first-order valence-corrected chi connectivity index (χ1v) is 14.4. The highest BCUT2D eigenvalue weighted by molar-refractivity contribution is 6.01. The Hall–Kier alpha value is -4.27. The third-order valence-electron chi connectivity index (χ3n) is 7.87. The number of hydrogen-bond donors (Lipinski definition) is 2. The van der Waals surface area contributed by atoms with Gasteiger partial charge in [0.15, 0.2) is 0 Å². The fraction of sp³-hybridized carbons (Fsp3) is 0.324. The van der Waals surface area contributed by atoms with Crippen molar-refractivity contribution in [3.63, 3.8) is 0 Å². The highest BCUT2D eigenvalue weighted by Gasteiger charge is 2.33. The van der Waals surface area contributed by atoms with E-state index < -0.39 is 0 Å². The topological polar surface area (TPSA) is 92.8 Å². The van der Waals surface area contributed by atoms with Crippen LogP contribution in [0.5, 0.6) is 5.75 Å². The number of ether oxygens (including phenoxy) is 2. The van der Waals surface area contributed by atoms with Gasteiger partial charge in [0.1, 0.15) is 5.75 Å². The minimum Gasteiger partial charge on any atom is -0.494 e. The number of benzene rings is 3. The molecule has 5 rings (SSSR count). The number of hydrogen-bond acceptors (Lipinski definition) is 6. The van der Waals surface area contributed by atoms with Gasteiger partial charge < -0.3 is 25.0 Å². The molecule has 0 bridgehead atoms. The molecule has 0 aliphatic carbocycles. The summed E-state index contributed by atoms with van der Waals surface area (Å²) in [7, 11) is 3.29. The van der Waals surface area contributed by atoms with Crippen LogP contribution in [0, 0.1) is 5.92 Å². The smallest absolute Gasteiger partial charge is 0.224 e. The average Bonchev–Trinajstić information content (AvgIpc) is 3.42. The van der Waals surface area contributed by atoms with E-state index in [4.69, 9.17) is 14.5 Å². The number of methoxy groups -OCH3 is 2. The van der Waals surface area contributed by atoms with Crippen molar-refractivity contribution in [1.29, 1.82) is 0 Å². The van der Waals surface area contributed by atoms with Crippen molar-refractivity contribution < 1.29 is 19.1 Å². The Kier molecular flexibility index (Phi) is 9.46.